The summed E-state index contributed by atoms with van der Waals surface area (Å²) >= 11 is 0. The Morgan fingerprint density at radius 3 is 2.65 bits per heavy atom. The molecule has 0 atom stereocenters. The van der Waals surface area contributed by atoms with E-state index in [2.05, 4.69) is 15.3 Å². The highest BCUT2D eigenvalue weighted by molar-refractivity contribution is 5.91. The second-order valence-corrected chi connectivity index (χ2v) is 4.45. The molecule has 1 heterocycles. The topological polar surface area (TPSA) is 37.8 Å². The number of rotatable bonds is 2. The molecule has 0 saturated heterocycles. The Kier molecular flexibility index (Phi) is 3.02. The molecule has 0 amide bonds. The van der Waals surface area contributed by atoms with Gasteiger partial charge in [-0.05, 0) is 36.8 Å². The number of anilines is 2. The molecule has 0 unspecified atom stereocenters. The molecule has 100 valence electrons. The van der Waals surface area contributed by atoms with Crippen molar-refractivity contribution in [3.8, 4) is 0 Å². The van der Waals surface area contributed by atoms with Gasteiger partial charge < -0.3 is 5.32 Å². The predicted octanol–water partition coefficient (Wildman–Crippen LogP) is 3.96. The van der Waals surface area contributed by atoms with Crippen molar-refractivity contribution < 1.29 is 8.78 Å². The Hall–Kier alpha value is -2.56. The molecule has 0 fully saturated rings. The summed E-state index contributed by atoms with van der Waals surface area (Å²) in [6, 6.07) is 9.34. The molecule has 0 aliphatic heterocycles. The molecule has 3 rings (SSSR count). The molecular formula is C15H11F2N3. The zero-order chi connectivity index (χ0) is 14.1. The molecule has 3 nitrogen and oxygen atoms in total. The first-order valence-corrected chi connectivity index (χ1v) is 6.07. The van der Waals surface area contributed by atoms with Gasteiger partial charge in [0.1, 0.15) is 23.8 Å². The Morgan fingerprint density at radius 2 is 1.85 bits per heavy atom. The van der Waals surface area contributed by atoms with Gasteiger partial charge in [-0.1, -0.05) is 12.1 Å². The summed E-state index contributed by atoms with van der Waals surface area (Å²) < 4.78 is 27.4. The van der Waals surface area contributed by atoms with Crippen LogP contribution in [0, 0.1) is 18.6 Å². The molecule has 20 heavy (non-hydrogen) atoms. The first-order valence-electron chi connectivity index (χ1n) is 6.07. The van der Waals surface area contributed by atoms with Crippen LogP contribution in [0.25, 0.3) is 10.9 Å². The molecule has 1 aromatic heterocycles. The van der Waals surface area contributed by atoms with E-state index in [1.54, 1.807) is 31.2 Å². The Bertz CT molecular complexity index is 782. The molecule has 1 N–H and O–H groups in total. The van der Waals surface area contributed by atoms with Crippen LogP contribution in [0.2, 0.25) is 0 Å². The SMILES string of the molecule is Cc1ccc(Nc2ncnc3cccc(F)c23)cc1F. The van der Waals surface area contributed by atoms with Crippen LogP contribution in [0.5, 0.6) is 0 Å². The molecule has 0 aliphatic rings. The maximum atomic E-state index is 13.9. The fraction of sp³-hybridized carbons (Fsp3) is 0.0667. The first-order chi connectivity index (χ1) is 9.65. The molecule has 0 spiro atoms. The van der Waals surface area contributed by atoms with Crippen LogP contribution in [0.3, 0.4) is 0 Å². The van der Waals surface area contributed by atoms with Gasteiger partial charge in [-0.15, -0.1) is 0 Å². The number of hydrogen-bond acceptors (Lipinski definition) is 3. The molecular weight excluding hydrogens is 260 g/mol. The molecule has 5 heteroatoms. The summed E-state index contributed by atoms with van der Waals surface area (Å²) in [7, 11) is 0. The molecule has 2 aromatic carbocycles. The third-order valence-corrected chi connectivity index (χ3v) is 3.05. The van der Waals surface area contributed by atoms with Gasteiger partial charge in [-0.2, -0.15) is 0 Å². The van der Waals surface area contributed by atoms with E-state index in [9.17, 15) is 8.78 Å². The zero-order valence-electron chi connectivity index (χ0n) is 10.7. The smallest absolute Gasteiger partial charge is 0.144 e. The van der Waals surface area contributed by atoms with E-state index in [-0.39, 0.29) is 11.2 Å². The van der Waals surface area contributed by atoms with Crippen LogP contribution in [-0.4, -0.2) is 9.97 Å². The second kappa shape index (κ2) is 4.85. The molecule has 3 aromatic rings. The molecule has 0 radical (unpaired) electrons. The van der Waals surface area contributed by atoms with Gasteiger partial charge in [-0.25, -0.2) is 18.7 Å². The standard InChI is InChI=1S/C15H11F2N3/c1-9-5-6-10(7-12(9)17)20-15-14-11(16)3-2-4-13(14)18-8-19-15/h2-8H,1H3,(H,18,19,20). The van der Waals surface area contributed by atoms with Crippen molar-refractivity contribution in [2.75, 3.05) is 5.32 Å². The highest BCUT2D eigenvalue weighted by Crippen LogP contribution is 2.25. The van der Waals surface area contributed by atoms with Crippen molar-refractivity contribution in [2.24, 2.45) is 0 Å². The Morgan fingerprint density at radius 1 is 1.00 bits per heavy atom. The third-order valence-electron chi connectivity index (χ3n) is 3.05. The van der Waals surface area contributed by atoms with Crippen molar-refractivity contribution in [1.82, 2.24) is 9.97 Å². The van der Waals surface area contributed by atoms with Gasteiger partial charge in [0.15, 0.2) is 0 Å². The highest BCUT2D eigenvalue weighted by Gasteiger charge is 2.09. The summed E-state index contributed by atoms with van der Waals surface area (Å²) in [5.41, 5.74) is 1.56. The summed E-state index contributed by atoms with van der Waals surface area (Å²) in [6.45, 7) is 1.68. The number of nitrogens with zero attached hydrogens (tertiary/aromatic N) is 2. The summed E-state index contributed by atoms with van der Waals surface area (Å²) in [5.74, 6) is -0.427. The lowest BCUT2D eigenvalue weighted by Crippen LogP contribution is -1.98. The number of fused-ring (bicyclic) bond motifs is 1. The molecule has 0 saturated carbocycles. The highest BCUT2D eigenvalue weighted by atomic mass is 19.1. The van der Waals surface area contributed by atoms with E-state index in [1.165, 1.54) is 18.5 Å². The Balaban J connectivity index is 2.08. The van der Waals surface area contributed by atoms with Crippen molar-refractivity contribution in [3.63, 3.8) is 0 Å². The predicted molar refractivity (Wildman–Crippen MR) is 73.9 cm³/mol. The number of benzene rings is 2. The fourth-order valence-electron chi connectivity index (χ4n) is 1.97. The second-order valence-electron chi connectivity index (χ2n) is 4.45. The maximum absolute atomic E-state index is 13.9. The van der Waals surface area contributed by atoms with Gasteiger partial charge in [0.25, 0.3) is 0 Å². The Labute approximate surface area is 114 Å². The van der Waals surface area contributed by atoms with Crippen LogP contribution < -0.4 is 5.32 Å². The van der Waals surface area contributed by atoms with Crippen molar-refractivity contribution in [1.29, 1.82) is 0 Å². The van der Waals surface area contributed by atoms with Crippen LogP contribution in [0.4, 0.5) is 20.3 Å². The number of hydrogen-bond donors (Lipinski definition) is 1. The lowest BCUT2D eigenvalue weighted by Gasteiger charge is -2.09. The monoisotopic (exact) mass is 271 g/mol. The van der Waals surface area contributed by atoms with E-state index >= 15 is 0 Å². The minimum absolute atomic E-state index is 0.288. The number of aromatic nitrogens is 2. The van der Waals surface area contributed by atoms with E-state index in [4.69, 9.17) is 0 Å². The van der Waals surface area contributed by atoms with Crippen LogP contribution in [-0.2, 0) is 0 Å². The van der Waals surface area contributed by atoms with Gasteiger partial charge in [0, 0.05) is 5.69 Å². The third kappa shape index (κ3) is 2.18. The number of aryl methyl sites for hydroxylation is 1. The van der Waals surface area contributed by atoms with Crippen LogP contribution in [0.1, 0.15) is 5.56 Å². The summed E-state index contributed by atoms with van der Waals surface area (Å²) in [5, 5.41) is 3.21. The summed E-state index contributed by atoms with van der Waals surface area (Å²) in [4.78, 5) is 8.04. The largest absolute Gasteiger partial charge is 0.339 e. The average molecular weight is 271 g/mol. The van der Waals surface area contributed by atoms with Gasteiger partial charge >= 0.3 is 0 Å². The van der Waals surface area contributed by atoms with E-state index in [1.807, 2.05) is 0 Å². The van der Waals surface area contributed by atoms with Crippen LogP contribution >= 0.6 is 0 Å². The molecule has 0 aliphatic carbocycles. The maximum Gasteiger partial charge on any atom is 0.144 e. The lowest BCUT2D eigenvalue weighted by atomic mass is 10.2. The van der Waals surface area contributed by atoms with Crippen LogP contribution in [0.15, 0.2) is 42.7 Å². The molecule has 0 bridgehead atoms. The average Bonchev–Trinajstić information content (AvgIpc) is 2.43. The van der Waals surface area contributed by atoms with Gasteiger partial charge in [0.2, 0.25) is 0 Å². The van der Waals surface area contributed by atoms with Crippen molar-refractivity contribution in [2.45, 2.75) is 6.92 Å². The normalized spacial score (nSPS) is 10.8. The first kappa shape index (κ1) is 12.5. The van der Waals surface area contributed by atoms with Gasteiger partial charge in [-0.3, -0.25) is 0 Å². The quantitative estimate of drug-likeness (QED) is 0.766. The lowest BCUT2D eigenvalue weighted by molar-refractivity contribution is 0.619. The number of halogens is 2. The van der Waals surface area contributed by atoms with E-state index < -0.39 is 5.82 Å². The number of nitrogens with one attached hydrogen (secondary N) is 1. The van der Waals surface area contributed by atoms with E-state index in [0.29, 0.717) is 22.6 Å². The zero-order valence-corrected chi connectivity index (χ0v) is 10.7. The van der Waals surface area contributed by atoms with Crippen molar-refractivity contribution in [3.05, 3.63) is 59.9 Å². The summed E-state index contributed by atoms with van der Waals surface area (Å²) in [6.07, 6.45) is 1.34. The van der Waals surface area contributed by atoms with E-state index in [0.717, 1.165) is 0 Å². The van der Waals surface area contributed by atoms with Gasteiger partial charge in [0.05, 0.1) is 10.9 Å². The minimum Gasteiger partial charge on any atom is -0.339 e. The van der Waals surface area contributed by atoms with Crippen molar-refractivity contribution >= 4 is 22.4 Å². The minimum atomic E-state index is -0.418. The fourth-order valence-corrected chi connectivity index (χ4v) is 1.97.